The van der Waals surface area contributed by atoms with E-state index in [0.29, 0.717) is 0 Å². The summed E-state index contributed by atoms with van der Waals surface area (Å²) >= 11 is 0. The molecule has 2 heteroatoms. The molecule has 1 aromatic heterocycles. The van der Waals surface area contributed by atoms with E-state index in [-0.39, 0.29) is 10.8 Å². The van der Waals surface area contributed by atoms with Crippen LogP contribution in [0.4, 0.5) is 17.1 Å². The van der Waals surface area contributed by atoms with Gasteiger partial charge in [0, 0.05) is 32.7 Å². The van der Waals surface area contributed by atoms with E-state index in [4.69, 9.17) is 4.42 Å². The highest BCUT2D eigenvalue weighted by Gasteiger charge is 2.41. The Balaban J connectivity index is 1.06. The van der Waals surface area contributed by atoms with Crippen LogP contribution in [0.3, 0.4) is 0 Å². The molecule has 0 saturated carbocycles. The average Bonchev–Trinajstić information content (AvgIpc) is 3.90. The molecule has 64 heavy (non-hydrogen) atoms. The van der Waals surface area contributed by atoms with Gasteiger partial charge in [-0.2, -0.15) is 0 Å². The van der Waals surface area contributed by atoms with Gasteiger partial charge >= 0.3 is 0 Å². The van der Waals surface area contributed by atoms with Crippen LogP contribution in [0, 0.1) is 0 Å². The number of hydrogen-bond donors (Lipinski definition) is 0. The summed E-state index contributed by atoms with van der Waals surface area (Å²) in [6.45, 7) is 9.64. The lowest BCUT2D eigenvalue weighted by atomic mass is 9.79. The van der Waals surface area contributed by atoms with E-state index < -0.39 is 0 Å². The van der Waals surface area contributed by atoms with Gasteiger partial charge in [-0.3, -0.25) is 0 Å². The summed E-state index contributed by atoms with van der Waals surface area (Å²) in [5.41, 5.74) is 15.5. The monoisotopic (exact) mass is 817 g/mol. The van der Waals surface area contributed by atoms with Crippen LogP contribution in [0.5, 0.6) is 0 Å². The molecule has 12 aromatic rings. The second kappa shape index (κ2) is 12.5. The van der Waals surface area contributed by atoms with Gasteiger partial charge < -0.3 is 9.32 Å². The molecule has 0 radical (unpaired) electrons. The van der Waals surface area contributed by atoms with Crippen molar-refractivity contribution in [1.82, 2.24) is 0 Å². The van der Waals surface area contributed by atoms with Crippen LogP contribution in [-0.2, 0) is 10.8 Å². The number of furan rings is 1. The molecular weight excluding hydrogens is 775 g/mol. The van der Waals surface area contributed by atoms with Gasteiger partial charge in [-0.25, -0.2) is 0 Å². The molecule has 2 nitrogen and oxygen atoms in total. The Morgan fingerprint density at radius 1 is 0.359 bits per heavy atom. The van der Waals surface area contributed by atoms with E-state index >= 15 is 0 Å². The summed E-state index contributed by atoms with van der Waals surface area (Å²) in [6.07, 6.45) is 0. The quantitative estimate of drug-likeness (QED) is 0.165. The molecule has 0 bridgehead atoms. The molecule has 0 fully saturated rings. The zero-order valence-corrected chi connectivity index (χ0v) is 36.3. The summed E-state index contributed by atoms with van der Waals surface area (Å²) in [4.78, 5) is 2.49. The molecule has 302 valence electrons. The molecule has 11 aromatic carbocycles. The van der Waals surface area contributed by atoms with Crippen LogP contribution < -0.4 is 4.90 Å². The summed E-state index contributed by atoms with van der Waals surface area (Å²) < 4.78 is 6.90. The third-order valence-corrected chi connectivity index (χ3v) is 15.1. The Morgan fingerprint density at radius 3 is 1.64 bits per heavy atom. The topological polar surface area (TPSA) is 16.4 Å². The van der Waals surface area contributed by atoms with E-state index in [9.17, 15) is 0 Å². The maximum Gasteiger partial charge on any atom is 0.159 e. The molecule has 0 unspecified atom stereocenters. The van der Waals surface area contributed by atoms with Crippen molar-refractivity contribution >= 4 is 92.9 Å². The molecule has 0 saturated heterocycles. The molecule has 1 heterocycles. The number of benzene rings is 11. The highest BCUT2D eigenvalue weighted by molar-refractivity contribution is 6.23. The number of hydrogen-bond acceptors (Lipinski definition) is 2. The second-order valence-corrected chi connectivity index (χ2v) is 19.2. The Kier molecular flexibility index (Phi) is 7.00. The Bertz CT molecular complexity index is 4030. The van der Waals surface area contributed by atoms with Crippen molar-refractivity contribution in [3.8, 4) is 22.3 Å². The lowest BCUT2D eigenvalue weighted by molar-refractivity contribution is 0.662. The van der Waals surface area contributed by atoms with Gasteiger partial charge in [0.05, 0.1) is 11.4 Å². The summed E-state index contributed by atoms with van der Waals surface area (Å²) in [6, 6.07) is 70.2. The minimum Gasteiger partial charge on any atom is -0.454 e. The van der Waals surface area contributed by atoms with Crippen LogP contribution in [-0.4, -0.2) is 0 Å². The van der Waals surface area contributed by atoms with Crippen LogP contribution in [0.15, 0.2) is 192 Å². The van der Waals surface area contributed by atoms with Crippen molar-refractivity contribution in [2.24, 2.45) is 0 Å². The second-order valence-electron chi connectivity index (χ2n) is 19.2. The average molecular weight is 818 g/mol. The van der Waals surface area contributed by atoms with Gasteiger partial charge in [0.2, 0.25) is 0 Å². The van der Waals surface area contributed by atoms with Crippen LogP contribution >= 0.6 is 0 Å². The predicted octanol–water partition coefficient (Wildman–Crippen LogP) is 17.4. The van der Waals surface area contributed by atoms with Crippen LogP contribution in [0.2, 0.25) is 0 Å². The smallest absolute Gasteiger partial charge is 0.159 e. The normalized spacial score (nSPS) is 14.5. The van der Waals surface area contributed by atoms with Crippen LogP contribution in [0.1, 0.15) is 49.9 Å². The molecule has 0 N–H and O–H groups in total. The molecule has 14 rings (SSSR count). The van der Waals surface area contributed by atoms with Crippen LogP contribution in [0.25, 0.3) is 98.1 Å². The highest BCUT2D eigenvalue weighted by Crippen LogP contribution is 2.59. The minimum atomic E-state index is -0.292. The standard InChI is InChI=1S/C62H43NO/c1-61(2)51-33-37-17-6-5-16-36(37)31-49(51)50-32-38-28-29-40(30-39(38)34-52(50)61)63(54-26-15-25-48-44-21-13-14-27-56(44)64-60(48)54)55-35-53-57(46-23-11-9-20-43(46)55)58-45-22-10-7-18-41(45)42-19-8-12-24-47(42)59(58)62(53,3)4/h5-35H,1-4H3. The number of nitrogens with zero attached hydrogens (tertiary/aromatic N) is 1. The largest absolute Gasteiger partial charge is 0.454 e. The first-order chi connectivity index (χ1) is 31.3. The third-order valence-electron chi connectivity index (χ3n) is 15.1. The van der Waals surface area contributed by atoms with Crippen molar-refractivity contribution in [3.05, 3.63) is 210 Å². The molecule has 2 aliphatic carbocycles. The van der Waals surface area contributed by atoms with Crippen molar-refractivity contribution in [3.63, 3.8) is 0 Å². The van der Waals surface area contributed by atoms with Gasteiger partial charge in [-0.1, -0.05) is 161 Å². The SMILES string of the molecule is CC1(C)c2cc3ccccc3cc2-c2cc3ccc(N(c4cc5c(c6ccccc46)-c4c(c6ccccc6c6ccccc46)C5(C)C)c4cccc5c4oc4ccccc45)cc3cc21. The Morgan fingerprint density at radius 2 is 0.906 bits per heavy atom. The zero-order chi connectivity index (χ0) is 42.6. The summed E-state index contributed by atoms with van der Waals surface area (Å²) in [5.74, 6) is 0. The van der Waals surface area contributed by atoms with Gasteiger partial charge in [0.25, 0.3) is 0 Å². The fourth-order valence-corrected chi connectivity index (χ4v) is 12.1. The third kappa shape index (κ3) is 4.65. The van der Waals surface area contributed by atoms with E-state index in [1.165, 1.54) is 98.4 Å². The van der Waals surface area contributed by atoms with Gasteiger partial charge in [0.1, 0.15) is 5.58 Å². The number of anilines is 3. The maximum atomic E-state index is 6.90. The van der Waals surface area contributed by atoms with Crippen molar-refractivity contribution in [2.75, 3.05) is 4.90 Å². The molecule has 0 spiro atoms. The lowest BCUT2D eigenvalue weighted by Gasteiger charge is -2.30. The van der Waals surface area contributed by atoms with E-state index in [1.54, 1.807) is 0 Å². The first-order valence-corrected chi connectivity index (χ1v) is 22.6. The van der Waals surface area contributed by atoms with Crippen molar-refractivity contribution in [1.29, 1.82) is 0 Å². The van der Waals surface area contributed by atoms with E-state index in [2.05, 4.69) is 221 Å². The number of rotatable bonds is 3. The number of fused-ring (bicyclic) bond motifs is 18. The lowest BCUT2D eigenvalue weighted by Crippen LogP contribution is -2.17. The fraction of sp³-hybridized carbons (Fsp3) is 0.0968. The fourth-order valence-electron chi connectivity index (χ4n) is 12.1. The Labute approximate surface area is 371 Å². The summed E-state index contributed by atoms with van der Waals surface area (Å²) in [7, 11) is 0. The number of para-hydroxylation sites is 2. The van der Waals surface area contributed by atoms with Crippen molar-refractivity contribution in [2.45, 2.75) is 38.5 Å². The molecule has 0 aliphatic heterocycles. The first kappa shape index (κ1) is 35.9. The van der Waals surface area contributed by atoms with Gasteiger partial charge in [-0.15, -0.1) is 0 Å². The van der Waals surface area contributed by atoms with E-state index in [1.807, 2.05) is 0 Å². The predicted molar refractivity (Wildman–Crippen MR) is 271 cm³/mol. The Hall–Kier alpha value is -7.68. The summed E-state index contributed by atoms with van der Waals surface area (Å²) in [5, 5.41) is 15.0. The van der Waals surface area contributed by atoms with Gasteiger partial charge in [0.15, 0.2) is 5.58 Å². The molecule has 2 aliphatic rings. The zero-order valence-electron chi connectivity index (χ0n) is 36.3. The minimum absolute atomic E-state index is 0.149. The molecular formula is C62H43NO. The first-order valence-electron chi connectivity index (χ1n) is 22.6. The van der Waals surface area contributed by atoms with E-state index in [0.717, 1.165) is 39.0 Å². The maximum absolute atomic E-state index is 6.90. The molecule has 0 amide bonds. The van der Waals surface area contributed by atoms with Crippen molar-refractivity contribution < 1.29 is 4.42 Å². The molecule has 0 atom stereocenters. The van der Waals surface area contributed by atoms with Gasteiger partial charge in [-0.05, 0) is 148 Å². The highest BCUT2D eigenvalue weighted by atomic mass is 16.3.